The van der Waals surface area contributed by atoms with Gasteiger partial charge in [0.1, 0.15) is 6.61 Å². The molecule has 0 aliphatic carbocycles. The van der Waals surface area contributed by atoms with E-state index >= 15 is 0 Å². The first kappa shape index (κ1) is 12.9. The Balaban J connectivity index is 3.67. The molecule has 14 heavy (non-hydrogen) atoms. The van der Waals surface area contributed by atoms with Crippen molar-refractivity contribution in [2.45, 2.75) is 26.9 Å². The molecule has 0 aliphatic heterocycles. The van der Waals surface area contributed by atoms with Crippen LogP contribution in [-0.4, -0.2) is 37.9 Å². The molecule has 82 valence electrons. The molecule has 0 aromatic heterocycles. The average molecular weight is 204 g/mol. The summed E-state index contributed by atoms with van der Waals surface area (Å²) in [6.45, 7) is 5.30. The number of esters is 2. The van der Waals surface area contributed by atoms with Crippen molar-refractivity contribution in [1.82, 2.24) is 0 Å². The predicted octanol–water partition coefficient (Wildman–Crippen LogP) is 0.518. The third-order valence-corrected chi connectivity index (χ3v) is 1.38. The summed E-state index contributed by atoms with van der Waals surface area (Å²) in [5, 5.41) is 0. The molecule has 0 saturated heterocycles. The number of rotatable bonds is 6. The molecule has 0 saturated carbocycles. The zero-order valence-corrected chi connectivity index (χ0v) is 8.74. The van der Waals surface area contributed by atoms with Crippen molar-refractivity contribution in [2.75, 3.05) is 19.8 Å². The minimum Gasteiger partial charge on any atom is -0.464 e. The van der Waals surface area contributed by atoms with Crippen molar-refractivity contribution in [2.24, 2.45) is 0 Å². The molecule has 1 atom stereocenters. The third kappa shape index (κ3) is 5.53. The van der Waals surface area contributed by atoms with Crippen molar-refractivity contribution < 1.29 is 23.8 Å². The summed E-state index contributed by atoms with van der Waals surface area (Å²) in [6.07, 6.45) is -0.737. The molecule has 0 aromatic rings. The van der Waals surface area contributed by atoms with Gasteiger partial charge in [-0.2, -0.15) is 0 Å². The summed E-state index contributed by atoms with van der Waals surface area (Å²) in [5.41, 5.74) is 0. The highest BCUT2D eigenvalue weighted by atomic mass is 16.6. The number of ether oxygens (including phenoxy) is 3. The first-order valence-electron chi connectivity index (χ1n) is 4.55. The highest BCUT2D eigenvalue weighted by Crippen LogP contribution is 1.95. The van der Waals surface area contributed by atoms with Crippen LogP contribution < -0.4 is 0 Å². The fourth-order valence-electron chi connectivity index (χ4n) is 0.723. The Morgan fingerprint density at radius 1 is 1.14 bits per heavy atom. The van der Waals surface area contributed by atoms with Crippen molar-refractivity contribution in [3.63, 3.8) is 0 Å². The molecule has 0 N–H and O–H groups in total. The summed E-state index contributed by atoms with van der Waals surface area (Å²) >= 11 is 0. The summed E-state index contributed by atoms with van der Waals surface area (Å²) in [4.78, 5) is 21.8. The summed E-state index contributed by atoms with van der Waals surface area (Å²) in [6, 6.07) is 0. The van der Waals surface area contributed by atoms with Gasteiger partial charge < -0.3 is 14.2 Å². The largest absolute Gasteiger partial charge is 0.464 e. The second-order valence-electron chi connectivity index (χ2n) is 2.51. The summed E-state index contributed by atoms with van der Waals surface area (Å²) < 4.78 is 14.2. The van der Waals surface area contributed by atoms with Crippen LogP contribution in [0.4, 0.5) is 0 Å². The minimum absolute atomic E-state index is 0.228. The lowest BCUT2D eigenvalue weighted by Gasteiger charge is -2.10. The lowest BCUT2D eigenvalue weighted by atomic mass is 10.4. The fraction of sp³-hybridized carbons (Fsp3) is 0.778. The number of hydrogen-bond acceptors (Lipinski definition) is 5. The van der Waals surface area contributed by atoms with E-state index in [4.69, 9.17) is 4.74 Å². The van der Waals surface area contributed by atoms with E-state index in [0.29, 0.717) is 13.2 Å². The van der Waals surface area contributed by atoms with Crippen molar-refractivity contribution in [3.8, 4) is 0 Å². The van der Waals surface area contributed by atoms with Crippen LogP contribution in [-0.2, 0) is 23.8 Å². The molecule has 0 rings (SSSR count). The Morgan fingerprint density at radius 2 is 1.71 bits per heavy atom. The van der Waals surface area contributed by atoms with Crippen LogP contribution in [0.3, 0.4) is 0 Å². The standard InChI is InChI=1S/C9H16O5/c1-4-12-8(10)6-14-7(3)9(11)13-5-2/h7H,4-6H2,1-3H3/t7-/m1/s1. The van der Waals surface area contributed by atoms with Gasteiger partial charge in [-0.05, 0) is 20.8 Å². The van der Waals surface area contributed by atoms with Crippen LogP contribution >= 0.6 is 0 Å². The quantitative estimate of drug-likeness (QED) is 0.590. The predicted molar refractivity (Wildman–Crippen MR) is 48.7 cm³/mol. The molecule has 0 aliphatic rings. The Labute approximate surface area is 83.3 Å². The topological polar surface area (TPSA) is 61.8 Å². The van der Waals surface area contributed by atoms with E-state index in [-0.39, 0.29) is 6.61 Å². The van der Waals surface area contributed by atoms with Gasteiger partial charge in [-0.3, -0.25) is 0 Å². The molecular weight excluding hydrogens is 188 g/mol. The van der Waals surface area contributed by atoms with Gasteiger partial charge in [-0.25, -0.2) is 9.59 Å². The highest BCUT2D eigenvalue weighted by Gasteiger charge is 2.15. The van der Waals surface area contributed by atoms with Crippen LogP contribution in [0, 0.1) is 0 Å². The molecule has 0 heterocycles. The molecular formula is C9H16O5. The van der Waals surface area contributed by atoms with Crippen LogP contribution in [0.15, 0.2) is 0 Å². The van der Waals surface area contributed by atoms with Crippen LogP contribution in [0.25, 0.3) is 0 Å². The second kappa shape index (κ2) is 7.32. The van der Waals surface area contributed by atoms with Crippen LogP contribution in [0.1, 0.15) is 20.8 Å². The Kier molecular flexibility index (Phi) is 6.74. The Bertz CT molecular complexity index is 190. The number of carbonyl (C=O) groups is 2. The molecule has 0 amide bonds. The summed E-state index contributed by atoms with van der Waals surface area (Å²) in [5.74, 6) is -0.958. The first-order valence-corrected chi connectivity index (χ1v) is 4.55. The maximum Gasteiger partial charge on any atom is 0.334 e. The molecule has 0 spiro atoms. The molecule has 0 unspecified atom stereocenters. The van der Waals surface area contributed by atoms with Crippen LogP contribution in [0.5, 0.6) is 0 Å². The third-order valence-electron chi connectivity index (χ3n) is 1.38. The molecule has 0 fully saturated rings. The lowest BCUT2D eigenvalue weighted by Crippen LogP contribution is -2.26. The summed E-state index contributed by atoms with van der Waals surface area (Å²) in [7, 11) is 0. The van der Waals surface area contributed by atoms with E-state index in [0.717, 1.165) is 0 Å². The zero-order chi connectivity index (χ0) is 11.0. The number of hydrogen-bond donors (Lipinski definition) is 0. The van der Waals surface area contributed by atoms with Crippen LogP contribution in [0.2, 0.25) is 0 Å². The van der Waals surface area contributed by atoms with E-state index < -0.39 is 18.0 Å². The van der Waals surface area contributed by atoms with E-state index in [1.165, 1.54) is 6.92 Å². The van der Waals surface area contributed by atoms with Crippen molar-refractivity contribution in [1.29, 1.82) is 0 Å². The molecule has 0 aromatic carbocycles. The van der Waals surface area contributed by atoms with E-state index in [2.05, 4.69) is 9.47 Å². The minimum atomic E-state index is -0.737. The smallest absolute Gasteiger partial charge is 0.334 e. The monoisotopic (exact) mass is 204 g/mol. The lowest BCUT2D eigenvalue weighted by molar-refractivity contribution is -0.161. The molecule has 0 radical (unpaired) electrons. The molecule has 5 nitrogen and oxygen atoms in total. The van der Waals surface area contributed by atoms with Gasteiger partial charge in [0.05, 0.1) is 13.2 Å². The van der Waals surface area contributed by atoms with Gasteiger partial charge in [0, 0.05) is 0 Å². The van der Waals surface area contributed by atoms with Gasteiger partial charge >= 0.3 is 11.9 Å². The van der Waals surface area contributed by atoms with Gasteiger partial charge in [-0.15, -0.1) is 0 Å². The Hall–Kier alpha value is -1.10. The van der Waals surface area contributed by atoms with E-state index in [9.17, 15) is 9.59 Å². The van der Waals surface area contributed by atoms with Gasteiger partial charge in [0.2, 0.25) is 0 Å². The number of carbonyl (C=O) groups excluding carboxylic acids is 2. The van der Waals surface area contributed by atoms with Crippen molar-refractivity contribution >= 4 is 11.9 Å². The maximum absolute atomic E-state index is 11.0. The highest BCUT2D eigenvalue weighted by molar-refractivity contribution is 5.75. The zero-order valence-electron chi connectivity index (χ0n) is 8.74. The average Bonchev–Trinajstić information content (AvgIpc) is 2.15. The van der Waals surface area contributed by atoms with E-state index in [1.54, 1.807) is 13.8 Å². The van der Waals surface area contributed by atoms with E-state index in [1.807, 2.05) is 0 Å². The van der Waals surface area contributed by atoms with Gasteiger partial charge in [-0.1, -0.05) is 0 Å². The Morgan fingerprint density at radius 3 is 2.21 bits per heavy atom. The normalized spacial score (nSPS) is 11.9. The van der Waals surface area contributed by atoms with Crippen molar-refractivity contribution in [3.05, 3.63) is 0 Å². The first-order chi connectivity index (χ1) is 6.61. The maximum atomic E-state index is 11.0. The van der Waals surface area contributed by atoms with Gasteiger partial charge in [0.25, 0.3) is 0 Å². The second-order valence-corrected chi connectivity index (χ2v) is 2.51. The molecule has 5 heteroatoms. The molecule has 0 bridgehead atoms. The SMILES string of the molecule is CCOC(=O)CO[C@H](C)C(=O)OCC. The van der Waals surface area contributed by atoms with Gasteiger partial charge in [0.15, 0.2) is 6.10 Å². The fourth-order valence-corrected chi connectivity index (χ4v) is 0.723.